The lowest BCUT2D eigenvalue weighted by atomic mass is 10.1. The van der Waals surface area contributed by atoms with E-state index in [1.807, 2.05) is 0 Å². The fraction of sp³-hybridized carbons (Fsp3) is 0.444. The minimum Gasteiger partial charge on any atom is -0.381 e. The van der Waals surface area contributed by atoms with Gasteiger partial charge in [-0.25, -0.2) is 9.37 Å². The first kappa shape index (κ1) is 14.7. The maximum atomic E-state index is 12.9. The monoisotopic (exact) mass is 284 g/mol. The van der Waals surface area contributed by atoms with Crippen molar-refractivity contribution in [2.45, 2.75) is 12.0 Å². The molecule has 1 unspecified atom stereocenters. The number of nitro groups is 1. The molecule has 1 atom stereocenters. The van der Waals surface area contributed by atoms with Crippen molar-refractivity contribution in [2.24, 2.45) is 0 Å². The highest BCUT2D eigenvalue weighted by Gasteiger charge is 2.34. The molecule has 0 aromatic carbocycles. The third kappa shape index (κ3) is 3.30. The zero-order valence-corrected chi connectivity index (χ0v) is 9.57. The minimum absolute atomic E-state index is 0.160. The molecule has 0 aliphatic rings. The summed E-state index contributed by atoms with van der Waals surface area (Å²) < 4.78 is 37.9. The summed E-state index contributed by atoms with van der Waals surface area (Å²) in [6, 6.07) is 1.73. The second kappa shape index (κ2) is 5.49. The number of nitrogens with zero attached hydrogens (tertiary/aromatic N) is 2. The number of pyridine rings is 1. The van der Waals surface area contributed by atoms with Gasteiger partial charge in [0, 0.05) is 10.5 Å². The SMILES string of the molecule is O=[N+]([O-])CC(O)c1ccc(C(F)(F)CF)nc1Cl. The number of hydrogen-bond acceptors (Lipinski definition) is 4. The zero-order valence-electron chi connectivity index (χ0n) is 8.82. The van der Waals surface area contributed by atoms with Gasteiger partial charge in [-0.1, -0.05) is 17.7 Å². The fourth-order valence-electron chi connectivity index (χ4n) is 1.21. The van der Waals surface area contributed by atoms with Gasteiger partial charge in [-0.05, 0) is 6.07 Å². The van der Waals surface area contributed by atoms with Gasteiger partial charge in [-0.3, -0.25) is 10.1 Å². The van der Waals surface area contributed by atoms with Crippen molar-refractivity contribution in [2.75, 3.05) is 13.2 Å². The molecule has 9 heteroatoms. The van der Waals surface area contributed by atoms with Crippen molar-refractivity contribution in [1.29, 1.82) is 0 Å². The minimum atomic E-state index is -3.78. The van der Waals surface area contributed by atoms with E-state index < -0.39 is 41.0 Å². The summed E-state index contributed by atoms with van der Waals surface area (Å²) >= 11 is 5.52. The Balaban J connectivity index is 3.03. The lowest BCUT2D eigenvalue weighted by Gasteiger charge is -2.14. The largest absolute Gasteiger partial charge is 0.381 e. The van der Waals surface area contributed by atoms with Crippen molar-refractivity contribution in [1.82, 2.24) is 4.98 Å². The summed E-state index contributed by atoms with van der Waals surface area (Å²) in [5, 5.41) is 19.1. The van der Waals surface area contributed by atoms with Crippen LogP contribution in [0.1, 0.15) is 17.4 Å². The molecular formula is C9H8ClF3N2O3. The molecule has 1 aromatic rings. The van der Waals surface area contributed by atoms with Crippen LogP contribution in [0.2, 0.25) is 5.15 Å². The molecule has 0 radical (unpaired) electrons. The second-order valence-electron chi connectivity index (χ2n) is 3.45. The molecular weight excluding hydrogens is 277 g/mol. The van der Waals surface area contributed by atoms with E-state index in [0.29, 0.717) is 0 Å². The zero-order chi connectivity index (χ0) is 13.9. The molecule has 1 heterocycles. The molecule has 1 rings (SSSR count). The van der Waals surface area contributed by atoms with Crippen molar-refractivity contribution in [3.05, 3.63) is 38.7 Å². The van der Waals surface area contributed by atoms with E-state index >= 15 is 0 Å². The molecule has 1 aromatic heterocycles. The summed E-state index contributed by atoms with van der Waals surface area (Å²) in [5.74, 6) is -3.78. The summed E-state index contributed by atoms with van der Waals surface area (Å²) in [6.07, 6.45) is -1.56. The molecule has 0 bridgehead atoms. The Morgan fingerprint density at radius 3 is 2.61 bits per heavy atom. The van der Waals surface area contributed by atoms with Crippen LogP contribution in [0.5, 0.6) is 0 Å². The number of aromatic nitrogens is 1. The Bertz CT molecular complexity index is 459. The van der Waals surface area contributed by atoms with Crippen LogP contribution in [0, 0.1) is 10.1 Å². The molecule has 18 heavy (non-hydrogen) atoms. The van der Waals surface area contributed by atoms with E-state index in [1.165, 1.54) is 0 Å². The molecule has 1 N–H and O–H groups in total. The first-order valence-corrected chi connectivity index (χ1v) is 5.06. The summed E-state index contributed by atoms with van der Waals surface area (Å²) in [5.41, 5.74) is -1.06. The van der Waals surface area contributed by atoms with Crippen LogP contribution in [-0.4, -0.2) is 28.2 Å². The van der Waals surface area contributed by atoms with Gasteiger partial charge in [-0.2, -0.15) is 8.78 Å². The number of hydrogen-bond donors (Lipinski definition) is 1. The van der Waals surface area contributed by atoms with Crippen LogP contribution in [-0.2, 0) is 5.92 Å². The lowest BCUT2D eigenvalue weighted by molar-refractivity contribution is -0.491. The summed E-state index contributed by atoms with van der Waals surface area (Å²) in [7, 11) is 0. The first-order chi connectivity index (χ1) is 8.27. The van der Waals surface area contributed by atoms with E-state index in [1.54, 1.807) is 0 Å². The van der Waals surface area contributed by atoms with Gasteiger partial charge >= 0.3 is 5.92 Å². The molecule has 0 saturated heterocycles. The van der Waals surface area contributed by atoms with Crippen LogP contribution in [0.4, 0.5) is 13.2 Å². The van der Waals surface area contributed by atoms with Crippen molar-refractivity contribution in [3.8, 4) is 0 Å². The second-order valence-corrected chi connectivity index (χ2v) is 3.80. The van der Waals surface area contributed by atoms with E-state index in [-0.39, 0.29) is 5.56 Å². The van der Waals surface area contributed by atoms with Gasteiger partial charge in [-0.15, -0.1) is 0 Å². The number of rotatable bonds is 5. The van der Waals surface area contributed by atoms with Crippen molar-refractivity contribution < 1.29 is 23.2 Å². The number of aliphatic hydroxyl groups excluding tert-OH is 1. The van der Waals surface area contributed by atoms with E-state index in [0.717, 1.165) is 12.1 Å². The smallest absolute Gasteiger partial charge is 0.317 e. The molecule has 0 aliphatic heterocycles. The highest BCUT2D eigenvalue weighted by Crippen LogP contribution is 2.30. The first-order valence-electron chi connectivity index (χ1n) is 4.68. The van der Waals surface area contributed by atoms with Gasteiger partial charge in [0.25, 0.3) is 0 Å². The van der Waals surface area contributed by atoms with Crippen molar-refractivity contribution in [3.63, 3.8) is 0 Å². The predicted octanol–water partition coefficient (Wildman–Crippen LogP) is 2.11. The van der Waals surface area contributed by atoms with Crippen LogP contribution >= 0.6 is 11.6 Å². The van der Waals surface area contributed by atoms with Gasteiger partial charge in [0.2, 0.25) is 6.54 Å². The van der Waals surface area contributed by atoms with Gasteiger partial charge in [0.05, 0.1) is 0 Å². The summed E-state index contributed by atoms with van der Waals surface area (Å²) in [4.78, 5) is 12.6. The Morgan fingerprint density at radius 2 is 2.17 bits per heavy atom. The lowest BCUT2D eigenvalue weighted by Crippen LogP contribution is -2.19. The molecule has 100 valence electrons. The Hall–Kier alpha value is -1.41. The van der Waals surface area contributed by atoms with Gasteiger partial charge in [0.1, 0.15) is 17.0 Å². The number of aliphatic hydroxyl groups is 1. The average Bonchev–Trinajstić information content (AvgIpc) is 2.27. The van der Waals surface area contributed by atoms with Crippen LogP contribution in [0.15, 0.2) is 12.1 Å². The molecule has 0 amide bonds. The molecule has 0 saturated carbocycles. The number of alkyl halides is 3. The van der Waals surface area contributed by atoms with E-state index in [2.05, 4.69) is 4.98 Å². The summed E-state index contributed by atoms with van der Waals surface area (Å²) in [6.45, 7) is -2.77. The van der Waals surface area contributed by atoms with E-state index in [9.17, 15) is 28.4 Å². The van der Waals surface area contributed by atoms with Crippen LogP contribution in [0.3, 0.4) is 0 Å². The normalized spacial score (nSPS) is 13.4. The Kier molecular flexibility index (Phi) is 4.47. The van der Waals surface area contributed by atoms with Crippen LogP contribution in [0.25, 0.3) is 0 Å². The third-order valence-corrected chi connectivity index (χ3v) is 2.40. The standard InChI is InChI=1S/C9H8ClF3N2O3/c10-8-5(6(16)3-15(17)18)1-2-7(14-8)9(12,13)4-11/h1-2,6,16H,3-4H2. The Morgan fingerprint density at radius 1 is 1.56 bits per heavy atom. The molecule has 0 spiro atoms. The Labute approximate surface area is 104 Å². The van der Waals surface area contributed by atoms with Gasteiger partial charge in [0.15, 0.2) is 6.67 Å². The quantitative estimate of drug-likeness (QED) is 0.510. The van der Waals surface area contributed by atoms with E-state index in [4.69, 9.17) is 11.6 Å². The fourth-order valence-corrected chi connectivity index (χ4v) is 1.49. The highest BCUT2D eigenvalue weighted by molar-refractivity contribution is 6.30. The van der Waals surface area contributed by atoms with Gasteiger partial charge < -0.3 is 5.11 Å². The maximum absolute atomic E-state index is 12.9. The van der Waals surface area contributed by atoms with Crippen LogP contribution < -0.4 is 0 Å². The molecule has 0 fully saturated rings. The predicted molar refractivity (Wildman–Crippen MR) is 55.9 cm³/mol. The molecule has 5 nitrogen and oxygen atoms in total. The topological polar surface area (TPSA) is 76.3 Å². The maximum Gasteiger partial charge on any atom is 0.317 e. The number of halogens is 4. The molecule has 0 aliphatic carbocycles. The highest BCUT2D eigenvalue weighted by atomic mass is 35.5. The third-order valence-electron chi connectivity index (χ3n) is 2.10. The van der Waals surface area contributed by atoms with Crippen molar-refractivity contribution >= 4 is 11.6 Å². The average molecular weight is 285 g/mol.